The Morgan fingerprint density at radius 1 is 1.07 bits per heavy atom. The molecule has 138 valence electrons. The topological polar surface area (TPSA) is 78.2 Å². The standard InChI is InChI=1S/C20H20N4O3/c1-14-6-7-18-21-12-15(20(27)24(18)13-14)19(26)23-10-8-22(9-11-23)16-4-2-3-5-17(16)25/h2-7,12-13,25H,8-11H2,1H3. The summed E-state index contributed by atoms with van der Waals surface area (Å²) in [5.74, 6) is -0.0787. The van der Waals surface area contributed by atoms with Crippen molar-refractivity contribution in [3.05, 3.63) is 70.3 Å². The van der Waals surface area contributed by atoms with E-state index in [1.54, 1.807) is 29.3 Å². The molecule has 1 aliphatic rings. The number of phenolic OH excluding ortho intramolecular Hbond substituents is 1. The Kier molecular flexibility index (Phi) is 4.27. The van der Waals surface area contributed by atoms with Crippen LogP contribution in [-0.2, 0) is 0 Å². The van der Waals surface area contributed by atoms with Gasteiger partial charge in [-0.25, -0.2) is 4.98 Å². The molecule has 1 N–H and O–H groups in total. The van der Waals surface area contributed by atoms with Gasteiger partial charge >= 0.3 is 0 Å². The third-order valence-electron chi connectivity index (χ3n) is 4.87. The molecule has 0 saturated carbocycles. The second kappa shape index (κ2) is 6.75. The molecule has 0 aliphatic carbocycles. The summed E-state index contributed by atoms with van der Waals surface area (Å²) < 4.78 is 1.42. The van der Waals surface area contributed by atoms with E-state index in [9.17, 15) is 14.7 Å². The number of benzene rings is 1. The van der Waals surface area contributed by atoms with Gasteiger partial charge in [-0.3, -0.25) is 14.0 Å². The van der Waals surface area contributed by atoms with Crippen molar-refractivity contribution in [1.82, 2.24) is 14.3 Å². The average Bonchev–Trinajstić information content (AvgIpc) is 2.69. The molecule has 27 heavy (non-hydrogen) atoms. The normalized spacial score (nSPS) is 14.6. The predicted molar refractivity (Wildman–Crippen MR) is 102 cm³/mol. The van der Waals surface area contributed by atoms with E-state index < -0.39 is 0 Å². The van der Waals surface area contributed by atoms with E-state index in [-0.39, 0.29) is 22.8 Å². The summed E-state index contributed by atoms with van der Waals surface area (Å²) in [6.07, 6.45) is 3.06. The predicted octanol–water partition coefficient (Wildman–Crippen LogP) is 1.67. The lowest BCUT2D eigenvalue weighted by atomic mass is 10.2. The summed E-state index contributed by atoms with van der Waals surface area (Å²) in [5, 5.41) is 10.0. The highest BCUT2D eigenvalue weighted by Crippen LogP contribution is 2.27. The number of hydrogen-bond donors (Lipinski definition) is 1. The molecular weight excluding hydrogens is 344 g/mol. The summed E-state index contributed by atoms with van der Waals surface area (Å²) in [4.78, 5) is 33.5. The molecule has 7 nitrogen and oxygen atoms in total. The van der Waals surface area contributed by atoms with Gasteiger partial charge in [0.2, 0.25) is 0 Å². The minimum atomic E-state index is -0.350. The highest BCUT2D eigenvalue weighted by Gasteiger charge is 2.25. The number of para-hydroxylation sites is 2. The number of amides is 1. The Bertz CT molecular complexity index is 1070. The van der Waals surface area contributed by atoms with E-state index in [4.69, 9.17) is 0 Å². The van der Waals surface area contributed by atoms with E-state index in [1.807, 2.05) is 30.0 Å². The Morgan fingerprint density at radius 2 is 1.81 bits per heavy atom. The number of pyridine rings is 1. The van der Waals surface area contributed by atoms with Gasteiger partial charge in [0.1, 0.15) is 17.0 Å². The molecule has 1 aromatic carbocycles. The molecule has 0 radical (unpaired) electrons. The number of hydrogen-bond acceptors (Lipinski definition) is 5. The van der Waals surface area contributed by atoms with Crippen LogP contribution in [0.5, 0.6) is 5.75 Å². The van der Waals surface area contributed by atoms with Crippen LogP contribution in [0.1, 0.15) is 15.9 Å². The third kappa shape index (κ3) is 3.12. The Morgan fingerprint density at radius 3 is 2.56 bits per heavy atom. The van der Waals surface area contributed by atoms with Crippen molar-refractivity contribution in [3.63, 3.8) is 0 Å². The fraction of sp³-hybridized carbons (Fsp3) is 0.250. The smallest absolute Gasteiger partial charge is 0.270 e. The maximum Gasteiger partial charge on any atom is 0.270 e. The summed E-state index contributed by atoms with van der Waals surface area (Å²) in [5.41, 5.74) is 1.93. The lowest BCUT2D eigenvalue weighted by molar-refractivity contribution is 0.0744. The molecule has 1 aliphatic heterocycles. The highest BCUT2D eigenvalue weighted by atomic mass is 16.3. The van der Waals surface area contributed by atoms with Gasteiger partial charge in [0.15, 0.2) is 0 Å². The van der Waals surface area contributed by atoms with E-state index >= 15 is 0 Å². The van der Waals surface area contributed by atoms with Gasteiger partial charge < -0.3 is 14.9 Å². The first kappa shape index (κ1) is 17.1. The molecule has 7 heteroatoms. The van der Waals surface area contributed by atoms with E-state index in [0.29, 0.717) is 31.8 Å². The molecule has 3 heterocycles. The van der Waals surface area contributed by atoms with E-state index in [2.05, 4.69) is 4.98 Å². The lowest BCUT2D eigenvalue weighted by Crippen LogP contribution is -2.49. The number of fused-ring (bicyclic) bond motifs is 1. The maximum absolute atomic E-state index is 12.9. The number of carbonyl (C=O) groups is 1. The van der Waals surface area contributed by atoms with Crippen LogP contribution in [0, 0.1) is 6.92 Å². The van der Waals surface area contributed by atoms with Crippen LogP contribution in [0.15, 0.2) is 53.6 Å². The number of aromatic nitrogens is 2. The van der Waals surface area contributed by atoms with Gasteiger partial charge in [-0.05, 0) is 30.7 Å². The number of anilines is 1. The molecule has 4 rings (SSSR count). The van der Waals surface area contributed by atoms with Gasteiger partial charge in [-0.15, -0.1) is 0 Å². The number of aryl methyl sites for hydroxylation is 1. The summed E-state index contributed by atoms with van der Waals surface area (Å²) in [7, 11) is 0. The Hall–Kier alpha value is -3.35. The first-order valence-corrected chi connectivity index (χ1v) is 8.85. The zero-order chi connectivity index (χ0) is 19.0. The van der Waals surface area contributed by atoms with Gasteiger partial charge in [0.25, 0.3) is 11.5 Å². The Labute approximate surface area is 156 Å². The molecule has 0 unspecified atom stereocenters. The number of aromatic hydroxyl groups is 1. The third-order valence-corrected chi connectivity index (χ3v) is 4.87. The fourth-order valence-electron chi connectivity index (χ4n) is 3.38. The van der Waals surface area contributed by atoms with E-state index in [1.165, 1.54) is 10.6 Å². The molecule has 0 bridgehead atoms. The van der Waals surface area contributed by atoms with E-state index in [0.717, 1.165) is 11.3 Å². The molecule has 0 spiro atoms. The van der Waals surface area contributed by atoms with Gasteiger partial charge in [-0.1, -0.05) is 18.2 Å². The van der Waals surface area contributed by atoms with Gasteiger partial charge in [0.05, 0.1) is 5.69 Å². The first-order valence-electron chi connectivity index (χ1n) is 8.85. The lowest BCUT2D eigenvalue weighted by Gasteiger charge is -2.36. The quantitative estimate of drug-likeness (QED) is 0.748. The zero-order valence-corrected chi connectivity index (χ0v) is 15.0. The summed E-state index contributed by atoms with van der Waals surface area (Å²) >= 11 is 0. The van der Waals surface area contributed by atoms with Crippen molar-refractivity contribution in [3.8, 4) is 5.75 Å². The van der Waals surface area contributed by atoms with Crippen molar-refractivity contribution in [2.45, 2.75) is 6.92 Å². The van der Waals surface area contributed by atoms with Crippen molar-refractivity contribution in [2.24, 2.45) is 0 Å². The molecule has 0 atom stereocenters. The van der Waals surface area contributed by atoms with Crippen molar-refractivity contribution >= 4 is 17.2 Å². The molecule has 1 saturated heterocycles. The maximum atomic E-state index is 12.9. The van der Waals surface area contributed by atoms with Crippen LogP contribution in [0.2, 0.25) is 0 Å². The van der Waals surface area contributed by atoms with Crippen LogP contribution in [0.3, 0.4) is 0 Å². The summed E-state index contributed by atoms with van der Waals surface area (Å²) in [6, 6.07) is 10.8. The fourth-order valence-corrected chi connectivity index (χ4v) is 3.38. The number of carbonyl (C=O) groups excluding carboxylic acids is 1. The van der Waals surface area contributed by atoms with Crippen LogP contribution in [0.4, 0.5) is 5.69 Å². The Balaban J connectivity index is 1.55. The number of rotatable bonds is 2. The summed E-state index contributed by atoms with van der Waals surface area (Å²) in [6.45, 7) is 4.01. The average molecular weight is 364 g/mol. The highest BCUT2D eigenvalue weighted by molar-refractivity contribution is 5.94. The zero-order valence-electron chi connectivity index (χ0n) is 15.0. The second-order valence-electron chi connectivity index (χ2n) is 6.68. The molecule has 3 aromatic rings. The SMILES string of the molecule is Cc1ccc2ncc(C(=O)N3CCN(c4ccccc4O)CC3)c(=O)n2c1. The molecule has 1 amide bonds. The minimum Gasteiger partial charge on any atom is -0.506 e. The van der Waals surface area contributed by atoms with Gasteiger partial charge in [-0.2, -0.15) is 0 Å². The van der Waals surface area contributed by atoms with Crippen LogP contribution in [-0.4, -0.2) is 51.5 Å². The van der Waals surface area contributed by atoms with Crippen LogP contribution >= 0.6 is 0 Å². The van der Waals surface area contributed by atoms with Crippen molar-refractivity contribution < 1.29 is 9.90 Å². The number of piperazine rings is 1. The second-order valence-corrected chi connectivity index (χ2v) is 6.68. The molecular formula is C20H20N4O3. The minimum absolute atomic E-state index is 0.0779. The van der Waals surface area contributed by atoms with Gasteiger partial charge in [0, 0.05) is 38.6 Å². The van der Waals surface area contributed by atoms with Crippen LogP contribution < -0.4 is 10.5 Å². The monoisotopic (exact) mass is 364 g/mol. The number of nitrogens with zero attached hydrogens (tertiary/aromatic N) is 4. The van der Waals surface area contributed by atoms with Crippen molar-refractivity contribution in [1.29, 1.82) is 0 Å². The molecule has 2 aromatic heterocycles. The largest absolute Gasteiger partial charge is 0.506 e. The number of phenols is 1. The first-order chi connectivity index (χ1) is 13.0. The van der Waals surface area contributed by atoms with Crippen molar-refractivity contribution in [2.75, 3.05) is 31.1 Å². The van der Waals surface area contributed by atoms with Crippen LogP contribution in [0.25, 0.3) is 5.65 Å². The molecule has 1 fully saturated rings.